The van der Waals surface area contributed by atoms with Gasteiger partial charge in [-0.05, 0) is 17.5 Å². The SMILES string of the molecule is Cn1cc(C(=O)c2sccc2Cl)cc1C(=O)C(Cl)(Cl)Cl. The molecular weight excluding hydrogens is 364 g/mol. The Morgan fingerprint density at radius 2 is 1.95 bits per heavy atom. The second-order valence-electron chi connectivity index (χ2n) is 3.98. The second kappa shape index (κ2) is 5.70. The first-order chi connectivity index (χ1) is 9.21. The largest absolute Gasteiger partial charge is 0.347 e. The number of alkyl halides is 3. The van der Waals surface area contributed by atoms with E-state index >= 15 is 0 Å². The van der Waals surface area contributed by atoms with Gasteiger partial charge in [-0.2, -0.15) is 0 Å². The normalized spacial score (nSPS) is 11.7. The van der Waals surface area contributed by atoms with Crippen molar-refractivity contribution in [2.24, 2.45) is 7.05 Å². The van der Waals surface area contributed by atoms with Gasteiger partial charge in [0.25, 0.3) is 3.79 Å². The van der Waals surface area contributed by atoms with E-state index in [0.717, 1.165) is 0 Å². The highest BCUT2D eigenvalue weighted by molar-refractivity contribution is 7.13. The number of carbonyl (C=O) groups excluding carboxylic acids is 2. The molecule has 0 amide bonds. The summed E-state index contributed by atoms with van der Waals surface area (Å²) in [6.45, 7) is 0. The summed E-state index contributed by atoms with van der Waals surface area (Å²) in [4.78, 5) is 24.6. The van der Waals surface area contributed by atoms with Crippen LogP contribution in [0.25, 0.3) is 0 Å². The van der Waals surface area contributed by atoms with Crippen LogP contribution in [0.15, 0.2) is 23.7 Å². The van der Waals surface area contributed by atoms with Crippen LogP contribution in [0.4, 0.5) is 0 Å². The molecule has 0 aromatic carbocycles. The van der Waals surface area contributed by atoms with Crippen LogP contribution in [-0.2, 0) is 7.05 Å². The molecule has 0 bridgehead atoms. The Bertz CT molecular complexity index is 684. The molecule has 2 aromatic heterocycles. The molecule has 0 aliphatic rings. The van der Waals surface area contributed by atoms with Crippen LogP contribution in [0.3, 0.4) is 0 Å². The summed E-state index contributed by atoms with van der Waals surface area (Å²) in [5, 5.41) is 2.09. The first-order valence-electron chi connectivity index (χ1n) is 5.27. The molecule has 0 fully saturated rings. The summed E-state index contributed by atoms with van der Waals surface area (Å²) in [5.74, 6) is -0.967. The number of halogens is 4. The van der Waals surface area contributed by atoms with Crippen LogP contribution in [0.2, 0.25) is 5.02 Å². The Morgan fingerprint density at radius 1 is 1.30 bits per heavy atom. The van der Waals surface area contributed by atoms with E-state index in [1.165, 1.54) is 28.2 Å². The molecule has 0 aliphatic carbocycles. The lowest BCUT2D eigenvalue weighted by molar-refractivity contribution is 0.0988. The minimum Gasteiger partial charge on any atom is -0.347 e. The summed E-state index contributed by atoms with van der Waals surface area (Å²) in [5.41, 5.74) is 0.454. The molecule has 0 saturated carbocycles. The average Bonchev–Trinajstić information content (AvgIpc) is 2.92. The van der Waals surface area contributed by atoms with E-state index in [4.69, 9.17) is 46.4 Å². The third-order valence-corrected chi connectivity index (χ3v) is 4.44. The lowest BCUT2D eigenvalue weighted by atomic mass is 10.1. The Labute approximate surface area is 139 Å². The third kappa shape index (κ3) is 3.05. The van der Waals surface area contributed by atoms with Crippen LogP contribution in [0.5, 0.6) is 0 Å². The first-order valence-corrected chi connectivity index (χ1v) is 7.66. The molecule has 3 nitrogen and oxygen atoms in total. The van der Waals surface area contributed by atoms with E-state index < -0.39 is 9.58 Å². The van der Waals surface area contributed by atoms with Crippen molar-refractivity contribution in [2.75, 3.05) is 0 Å². The number of ketones is 2. The van der Waals surface area contributed by atoms with E-state index in [9.17, 15) is 9.59 Å². The molecule has 106 valence electrons. The zero-order valence-electron chi connectivity index (χ0n) is 9.99. The van der Waals surface area contributed by atoms with Gasteiger partial charge in [0, 0.05) is 18.8 Å². The number of aromatic nitrogens is 1. The fourth-order valence-corrected chi connectivity index (χ4v) is 3.04. The Balaban J connectivity index is 2.40. The van der Waals surface area contributed by atoms with E-state index in [1.54, 1.807) is 18.5 Å². The molecule has 0 spiro atoms. The van der Waals surface area contributed by atoms with E-state index in [-0.39, 0.29) is 11.5 Å². The predicted octanol–water partition coefficient (Wildman–Crippen LogP) is 4.52. The van der Waals surface area contributed by atoms with Gasteiger partial charge < -0.3 is 4.57 Å². The molecule has 2 aromatic rings. The minimum atomic E-state index is -2.06. The fourth-order valence-electron chi connectivity index (χ4n) is 1.65. The van der Waals surface area contributed by atoms with Gasteiger partial charge in [-0.25, -0.2) is 0 Å². The van der Waals surface area contributed by atoms with Crippen molar-refractivity contribution in [1.82, 2.24) is 4.57 Å². The third-order valence-electron chi connectivity index (χ3n) is 2.58. The molecular formula is C12H7Cl4NO2S. The maximum absolute atomic E-state index is 12.3. The summed E-state index contributed by atoms with van der Waals surface area (Å²) in [6, 6.07) is 3.03. The van der Waals surface area contributed by atoms with Gasteiger partial charge in [-0.15, -0.1) is 11.3 Å². The van der Waals surface area contributed by atoms with Crippen LogP contribution >= 0.6 is 57.7 Å². The average molecular weight is 371 g/mol. The van der Waals surface area contributed by atoms with Gasteiger partial charge in [0.05, 0.1) is 15.6 Å². The maximum Gasteiger partial charge on any atom is 0.255 e. The smallest absolute Gasteiger partial charge is 0.255 e. The minimum absolute atomic E-state index is 0.140. The monoisotopic (exact) mass is 369 g/mol. The van der Waals surface area contributed by atoms with Crippen molar-refractivity contribution in [3.8, 4) is 0 Å². The van der Waals surface area contributed by atoms with Crippen molar-refractivity contribution < 1.29 is 9.59 Å². The lowest BCUT2D eigenvalue weighted by Gasteiger charge is -2.09. The van der Waals surface area contributed by atoms with Crippen LogP contribution in [0.1, 0.15) is 25.7 Å². The Hall–Kier alpha value is -0.520. The van der Waals surface area contributed by atoms with Gasteiger partial charge in [0.1, 0.15) is 0 Å². The number of aryl methyl sites for hydroxylation is 1. The lowest BCUT2D eigenvalue weighted by Crippen LogP contribution is -2.21. The number of hydrogen-bond acceptors (Lipinski definition) is 3. The maximum atomic E-state index is 12.3. The summed E-state index contributed by atoms with van der Waals surface area (Å²) < 4.78 is -0.619. The zero-order valence-corrected chi connectivity index (χ0v) is 13.8. The Morgan fingerprint density at radius 3 is 2.45 bits per heavy atom. The summed E-state index contributed by atoms with van der Waals surface area (Å²) in [7, 11) is 1.59. The van der Waals surface area contributed by atoms with E-state index in [0.29, 0.717) is 15.5 Å². The predicted molar refractivity (Wildman–Crippen MR) is 82.8 cm³/mol. The van der Waals surface area contributed by atoms with Crippen LogP contribution in [-0.4, -0.2) is 19.9 Å². The van der Waals surface area contributed by atoms with Crippen molar-refractivity contribution >= 4 is 69.3 Å². The van der Waals surface area contributed by atoms with Gasteiger partial charge in [-0.1, -0.05) is 46.4 Å². The summed E-state index contributed by atoms with van der Waals surface area (Å²) in [6.07, 6.45) is 1.50. The first kappa shape index (κ1) is 15.9. The quantitative estimate of drug-likeness (QED) is 0.588. The van der Waals surface area contributed by atoms with Crippen LogP contribution in [0, 0.1) is 0 Å². The van der Waals surface area contributed by atoms with Gasteiger partial charge in [0.2, 0.25) is 11.6 Å². The molecule has 2 rings (SSSR count). The summed E-state index contributed by atoms with van der Waals surface area (Å²) >= 11 is 23.8. The molecule has 2 heterocycles. The van der Waals surface area contributed by atoms with E-state index in [1.807, 2.05) is 0 Å². The number of hydrogen-bond donors (Lipinski definition) is 0. The van der Waals surface area contributed by atoms with E-state index in [2.05, 4.69) is 0 Å². The molecule has 0 saturated heterocycles. The number of nitrogens with zero attached hydrogens (tertiary/aromatic N) is 1. The number of Topliss-reactive ketones (excluding diaryl/α,β-unsaturated/α-hetero) is 1. The standard InChI is InChI=1S/C12H7Cl4NO2S/c1-17-5-6(4-8(17)11(19)12(14,15)16)9(18)10-7(13)2-3-20-10/h2-5H,1H3. The molecule has 20 heavy (non-hydrogen) atoms. The number of rotatable bonds is 3. The van der Waals surface area contributed by atoms with Gasteiger partial charge in [-0.3, -0.25) is 9.59 Å². The van der Waals surface area contributed by atoms with Crippen molar-refractivity contribution in [3.63, 3.8) is 0 Å². The molecule has 8 heteroatoms. The molecule has 0 aliphatic heterocycles. The number of thiophene rings is 1. The Kier molecular flexibility index (Phi) is 4.52. The molecule has 0 atom stereocenters. The highest BCUT2D eigenvalue weighted by Gasteiger charge is 2.34. The fraction of sp³-hybridized carbons (Fsp3) is 0.167. The highest BCUT2D eigenvalue weighted by Crippen LogP contribution is 2.32. The topological polar surface area (TPSA) is 39.1 Å². The zero-order chi connectivity index (χ0) is 15.1. The molecule has 0 radical (unpaired) electrons. The molecule has 0 N–H and O–H groups in total. The van der Waals surface area contributed by atoms with Crippen molar-refractivity contribution in [2.45, 2.75) is 3.79 Å². The van der Waals surface area contributed by atoms with Crippen molar-refractivity contribution in [3.05, 3.63) is 44.9 Å². The van der Waals surface area contributed by atoms with Gasteiger partial charge in [0.15, 0.2) is 0 Å². The molecule has 0 unspecified atom stereocenters. The van der Waals surface area contributed by atoms with Crippen molar-refractivity contribution in [1.29, 1.82) is 0 Å². The van der Waals surface area contributed by atoms with Gasteiger partial charge >= 0.3 is 0 Å². The second-order valence-corrected chi connectivity index (χ2v) is 7.58. The number of carbonyl (C=O) groups is 2. The highest BCUT2D eigenvalue weighted by atomic mass is 35.6. The van der Waals surface area contributed by atoms with Crippen LogP contribution < -0.4 is 0 Å².